The molecule has 2 N–H and O–H groups in total. The number of piperidine rings is 1. The molecule has 9 nitrogen and oxygen atoms in total. The molecule has 2 saturated heterocycles. The summed E-state index contributed by atoms with van der Waals surface area (Å²) in [7, 11) is 0. The fourth-order valence-corrected chi connectivity index (χ4v) is 4.80. The highest BCUT2D eigenvalue weighted by molar-refractivity contribution is 5.42. The summed E-state index contributed by atoms with van der Waals surface area (Å²) < 4.78 is 52.6. The lowest BCUT2D eigenvalue weighted by Gasteiger charge is -2.30. The second-order valence-electron chi connectivity index (χ2n) is 10.0. The number of nitrogens with zero attached hydrogens (tertiary/aromatic N) is 6. The molecule has 2 aliphatic heterocycles. The number of anilines is 2. The van der Waals surface area contributed by atoms with E-state index in [0.29, 0.717) is 55.2 Å². The maximum atomic E-state index is 14.3. The summed E-state index contributed by atoms with van der Waals surface area (Å²) in [5.41, 5.74) is 6.27. The molecule has 0 aliphatic carbocycles. The van der Waals surface area contributed by atoms with Crippen LogP contribution >= 0.6 is 0 Å². The van der Waals surface area contributed by atoms with E-state index in [1.807, 2.05) is 18.7 Å². The van der Waals surface area contributed by atoms with Crippen molar-refractivity contribution < 1.29 is 22.4 Å². The van der Waals surface area contributed by atoms with E-state index in [9.17, 15) is 13.2 Å². The van der Waals surface area contributed by atoms with Crippen molar-refractivity contribution in [2.24, 2.45) is 11.7 Å². The number of ether oxygens (including phenoxy) is 1. The minimum atomic E-state index is -1.22. The number of hydrogen-bond donors (Lipinski definition) is 1. The molecule has 0 saturated carbocycles. The van der Waals surface area contributed by atoms with Crippen LogP contribution in [0.2, 0.25) is 0 Å². The maximum Gasteiger partial charge on any atom is 0.324 e. The fraction of sp³-hybridized carbons (Fsp3) is 0.520. The van der Waals surface area contributed by atoms with Gasteiger partial charge in [0, 0.05) is 50.1 Å². The van der Waals surface area contributed by atoms with Crippen LogP contribution in [0, 0.1) is 23.4 Å². The molecule has 2 atom stereocenters. The molecule has 1 aromatic carbocycles. The highest BCUT2D eigenvalue weighted by atomic mass is 19.2. The molecule has 12 heteroatoms. The van der Waals surface area contributed by atoms with E-state index < -0.39 is 29.4 Å². The Kier molecular flexibility index (Phi) is 7.18. The van der Waals surface area contributed by atoms with Crippen molar-refractivity contribution in [3.8, 4) is 5.88 Å². The Balaban J connectivity index is 1.12. The van der Waals surface area contributed by atoms with Crippen molar-refractivity contribution in [1.82, 2.24) is 20.1 Å². The first-order valence-corrected chi connectivity index (χ1v) is 12.5. The predicted octanol–water partition coefficient (Wildman–Crippen LogP) is 3.63. The second kappa shape index (κ2) is 10.5. The standard InChI is InChI=1S/C25H30F3N7O2/c1-14(2)24-32-25(37-33-24)34-5-3-15(4-6-34)13-36-23-10-30-22(9-31-23)35-11-17(21(29)12-35)16-7-19(27)20(28)8-18(16)26/h7-10,14-15,17,21H,3-6,11-13,29H2,1-2H3/t17-,21+/m1/s1. The SMILES string of the molecule is CC(C)c1noc(N2CCC(COc3cnc(N4C[C@H](c5cc(F)c(F)cc5F)[C@@H](N)C4)cn3)CC2)n1. The van der Waals surface area contributed by atoms with Crippen molar-refractivity contribution in [3.05, 3.63) is 53.4 Å². The molecule has 198 valence electrons. The summed E-state index contributed by atoms with van der Waals surface area (Å²) in [4.78, 5) is 17.2. The number of hydrogen-bond acceptors (Lipinski definition) is 9. The number of rotatable bonds is 7. The average Bonchev–Trinajstić information content (AvgIpc) is 3.53. The number of nitrogens with two attached hydrogens (primary N) is 1. The summed E-state index contributed by atoms with van der Waals surface area (Å²) >= 11 is 0. The van der Waals surface area contributed by atoms with Gasteiger partial charge in [0.2, 0.25) is 5.88 Å². The van der Waals surface area contributed by atoms with Gasteiger partial charge in [0.25, 0.3) is 0 Å². The van der Waals surface area contributed by atoms with Gasteiger partial charge < -0.3 is 24.8 Å². The van der Waals surface area contributed by atoms with Crippen LogP contribution in [-0.4, -0.2) is 58.9 Å². The van der Waals surface area contributed by atoms with E-state index in [1.165, 1.54) is 0 Å². The van der Waals surface area contributed by atoms with Crippen LogP contribution in [0.1, 0.15) is 49.9 Å². The van der Waals surface area contributed by atoms with E-state index in [1.54, 1.807) is 12.4 Å². The van der Waals surface area contributed by atoms with Crippen LogP contribution in [0.4, 0.5) is 25.0 Å². The van der Waals surface area contributed by atoms with Gasteiger partial charge in [-0.2, -0.15) is 4.98 Å². The molecule has 2 aromatic heterocycles. The van der Waals surface area contributed by atoms with Crippen LogP contribution in [0.5, 0.6) is 5.88 Å². The lowest BCUT2D eigenvalue weighted by atomic mass is 9.94. The van der Waals surface area contributed by atoms with E-state index >= 15 is 0 Å². The Morgan fingerprint density at radius 3 is 2.46 bits per heavy atom. The Hall–Kier alpha value is -3.41. The Bertz CT molecular complexity index is 1220. The van der Waals surface area contributed by atoms with Crippen molar-refractivity contribution >= 4 is 11.8 Å². The van der Waals surface area contributed by atoms with Crippen molar-refractivity contribution in [2.75, 3.05) is 42.6 Å². The molecule has 4 heterocycles. The predicted molar refractivity (Wildman–Crippen MR) is 130 cm³/mol. The third-order valence-corrected chi connectivity index (χ3v) is 7.04. The topological polar surface area (TPSA) is 106 Å². The fourth-order valence-electron chi connectivity index (χ4n) is 4.80. The Morgan fingerprint density at radius 1 is 1.03 bits per heavy atom. The van der Waals surface area contributed by atoms with Crippen LogP contribution in [0.3, 0.4) is 0 Å². The summed E-state index contributed by atoms with van der Waals surface area (Å²) in [5, 5.41) is 4.03. The normalized spacial score (nSPS) is 20.7. The molecule has 3 aromatic rings. The van der Waals surface area contributed by atoms with Crippen LogP contribution in [0.15, 0.2) is 29.0 Å². The third kappa shape index (κ3) is 5.48. The minimum absolute atomic E-state index is 0.0623. The zero-order valence-corrected chi connectivity index (χ0v) is 20.8. The van der Waals surface area contributed by atoms with Gasteiger partial charge in [0.15, 0.2) is 17.5 Å². The highest BCUT2D eigenvalue weighted by Crippen LogP contribution is 2.32. The van der Waals surface area contributed by atoms with Crippen LogP contribution in [-0.2, 0) is 0 Å². The van der Waals surface area contributed by atoms with Gasteiger partial charge >= 0.3 is 6.01 Å². The van der Waals surface area contributed by atoms with Crippen molar-refractivity contribution in [1.29, 1.82) is 0 Å². The first-order valence-electron chi connectivity index (χ1n) is 12.5. The van der Waals surface area contributed by atoms with Gasteiger partial charge in [-0.25, -0.2) is 23.1 Å². The maximum absolute atomic E-state index is 14.3. The molecular formula is C25H30F3N7O2. The first kappa shape index (κ1) is 25.2. The second-order valence-corrected chi connectivity index (χ2v) is 10.0. The van der Waals surface area contributed by atoms with Gasteiger partial charge in [0.05, 0.1) is 19.0 Å². The molecule has 5 rings (SSSR count). The lowest BCUT2D eigenvalue weighted by molar-refractivity contribution is 0.213. The van der Waals surface area contributed by atoms with Crippen molar-refractivity contribution in [3.63, 3.8) is 0 Å². The Labute approximate surface area is 212 Å². The molecule has 2 aliphatic rings. The van der Waals surface area contributed by atoms with E-state index in [0.717, 1.165) is 32.0 Å². The largest absolute Gasteiger partial charge is 0.476 e. The van der Waals surface area contributed by atoms with Crippen LogP contribution < -0.4 is 20.3 Å². The van der Waals surface area contributed by atoms with Gasteiger partial charge in [-0.3, -0.25) is 0 Å². The molecule has 0 bridgehead atoms. The molecule has 2 fully saturated rings. The monoisotopic (exact) mass is 517 g/mol. The average molecular weight is 518 g/mol. The first-order chi connectivity index (χ1) is 17.8. The molecule has 37 heavy (non-hydrogen) atoms. The van der Waals surface area contributed by atoms with Crippen LogP contribution in [0.25, 0.3) is 0 Å². The zero-order valence-electron chi connectivity index (χ0n) is 20.8. The zero-order chi connectivity index (χ0) is 26.1. The van der Waals surface area contributed by atoms with Gasteiger partial charge in [-0.15, -0.1) is 0 Å². The molecule has 0 radical (unpaired) electrons. The molecule has 0 amide bonds. The highest BCUT2D eigenvalue weighted by Gasteiger charge is 2.34. The number of benzene rings is 1. The van der Waals surface area contributed by atoms with E-state index in [4.69, 9.17) is 15.0 Å². The lowest BCUT2D eigenvalue weighted by Crippen LogP contribution is -2.35. The molecular weight excluding hydrogens is 487 g/mol. The summed E-state index contributed by atoms with van der Waals surface area (Å²) in [6, 6.07) is 1.55. The molecule has 0 unspecified atom stereocenters. The smallest absolute Gasteiger partial charge is 0.324 e. The number of aromatic nitrogens is 4. The van der Waals surface area contributed by atoms with E-state index in [2.05, 4.69) is 25.0 Å². The number of halogens is 3. The van der Waals surface area contributed by atoms with E-state index in [-0.39, 0.29) is 11.5 Å². The third-order valence-electron chi connectivity index (χ3n) is 7.04. The summed E-state index contributed by atoms with van der Waals surface area (Å²) in [6.07, 6.45) is 4.99. The van der Waals surface area contributed by atoms with Gasteiger partial charge in [-0.1, -0.05) is 19.0 Å². The van der Waals surface area contributed by atoms with Crippen molar-refractivity contribution in [2.45, 2.75) is 44.6 Å². The minimum Gasteiger partial charge on any atom is -0.476 e. The summed E-state index contributed by atoms with van der Waals surface area (Å²) in [5.74, 6) is -1.34. The van der Waals surface area contributed by atoms with Gasteiger partial charge in [-0.05, 0) is 30.4 Å². The molecule has 0 spiro atoms. The quantitative estimate of drug-likeness (QED) is 0.470. The van der Waals surface area contributed by atoms with Gasteiger partial charge in [0.1, 0.15) is 11.6 Å². The summed E-state index contributed by atoms with van der Waals surface area (Å²) in [6.45, 7) is 6.91. The Morgan fingerprint density at radius 2 is 1.78 bits per heavy atom.